The number of ether oxygens (including phenoxy) is 1. The first-order valence-corrected chi connectivity index (χ1v) is 7.98. The van der Waals surface area contributed by atoms with Crippen LogP contribution in [0.25, 0.3) is 0 Å². The zero-order valence-corrected chi connectivity index (χ0v) is 13.0. The van der Waals surface area contributed by atoms with Gasteiger partial charge in [-0.1, -0.05) is 17.7 Å². The van der Waals surface area contributed by atoms with Crippen LogP contribution < -0.4 is 9.46 Å². The maximum atomic E-state index is 12.4. The van der Waals surface area contributed by atoms with Gasteiger partial charge in [0.15, 0.2) is 0 Å². The molecule has 2 aromatic rings. The molecule has 0 fully saturated rings. The first-order valence-electron chi connectivity index (χ1n) is 6.12. The number of anilines is 1. The molecule has 8 heteroatoms. The highest BCUT2D eigenvalue weighted by Crippen LogP contribution is 2.29. The maximum Gasteiger partial charge on any atom is 0.387 e. The number of hydrogen-bond acceptors (Lipinski definition) is 3. The SMILES string of the molecule is Cc1ccc(OC(F)F)c(NS(=O)(=O)c2ccc(Cl)cc2)c1. The number of benzene rings is 2. The summed E-state index contributed by atoms with van der Waals surface area (Å²) in [4.78, 5) is -0.0404. The van der Waals surface area contributed by atoms with Crippen molar-refractivity contribution in [3.8, 4) is 5.75 Å². The van der Waals surface area contributed by atoms with Gasteiger partial charge >= 0.3 is 6.61 Å². The van der Waals surface area contributed by atoms with Crippen LogP contribution in [-0.4, -0.2) is 15.0 Å². The Hall–Kier alpha value is -1.86. The van der Waals surface area contributed by atoms with Crippen molar-refractivity contribution in [2.75, 3.05) is 4.72 Å². The summed E-state index contributed by atoms with van der Waals surface area (Å²) in [6.07, 6.45) is 0. The lowest BCUT2D eigenvalue weighted by Crippen LogP contribution is -2.14. The number of halogens is 3. The minimum absolute atomic E-state index is 0.0404. The van der Waals surface area contributed by atoms with Crippen LogP contribution in [0.3, 0.4) is 0 Å². The van der Waals surface area contributed by atoms with Crippen LogP contribution in [0.4, 0.5) is 14.5 Å². The predicted octanol–water partition coefficient (Wildman–Crippen LogP) is 4.05. The second kappa shape index (κ2) is 6.50. The van der Waals surface area contributed by atoms with Crippen molar-refractivity contribution in [3.05, 3.63) is 53.1 Å². The lowest BCUT2D eigenvalue weighted by Gasteiger charge is -2.14. The number of alkyl halides is 2. The Labute approximate surface area is 131 Å². The molecule has 0 aliphatic carbocycles. The lowest BCUT2D eigenvalue weighted by atomic mass is 10.2. The van der Waals surface area contributed by atoms with Gasteiger partial charge in [-0.2, -0.15) is 8.78 Å². The van der Waals surface area contributed by atoms with Crippen LogP contribution in [0.15, 0.2) is 47.4 Å². The van der Waals surface area contributed by atoms with Gasteiger partial charge in [0.2, 0.25) is 0 Å². The summed E-state index contributed by atoms with van der Waals surface area (Å²) in [5, 5.41) is 0.385. The Balaban J connectivity index is 2.36. The highest BCUT2D eigenvalue weighted by Gasteiger charge is 2.18. The van der Waals surface area contributed by atoms with E-state index in [0.717, 1.165) is 0 Å². The number of nitrogens with one attached hydrogen (secondary N) is 1. The second-order valence-corrected chi connectivity index (χ2v) is 6.56. The van der Waals surface area contributed by atoms with Gasteiger partial charge in [-0.3, -0.25) is 4.72 Å². The molecule has 0 spiro atoms. The predicted molar refractivity (Wildman–Crippen MR) is 80.1 cm³/mol. The molecule has 0 aromatic heterocycles. The quantitative estimate of drug-likeness (QED) is 0.887. The topological polar surface area (TPSA) is 55.4 Å². The van der Waals surface area contributed by atoms with Crippen LogP contribution in [0.2, 0.25) is 5.02 Å². The fourth-order valence-electron chi connectivity index (χ4n) is 1.74. The van der Waals surface area contributed by atoms with Crippen LogP contribution in [0, 0.1) is 6.92 Å². The minimum Gasteiger partial charge on any atom is -0.433 e. The molecule has 2 rings (SSSR count). The smallest absolute Gasteiger partial charge is 0.387 e. The van der Waals surface area contributed by atoms with Crippen LogP contribution in [0.5, 0.6) is 5.75 Å². The van der Waals surface area contributed by atoms with E-state index in [2.05, 4.69) is 9.46 Å². The normalized spacial score (nSPS) is 11.5. The Morgan fingerprint density at radius 3 is 2.36 bits per heavy atom. The van der Waals surface area contributed by atoms with Crippen molar-refractivity contribution >= 4 is 27.3 Å². The minimum atomic E-state index is -3.94. The fraction of sp³-hybridized carbons (Fsp3) is 0.143. The Bertz CT molecular complexity index is 764. The fourth-order valence-corrected chi connectivity index (χ4v) is 2.93. The van der Waals surface area contributed by atoms with Crippen molar-refractivity contribution in [2.24, 2.45) is 0 Å². The zero-order valence-electron chi connectivity index (χ0n) is 11.4. The average Bonchev–Trinajstić information content (AvgIpc) is 2.41. The van der Waals surface area contributed by atoms with Crippen LogP contribution in [0.1, 0.15) is 5.56 Å². The molecule has 0 unspecified atom stereocenters. The van der Waals surface area contributed by atoms with Gasteiger partial charge in [-0.05, 0) is 48.9 Å². The molecule has 22 heavy (non-hydrogen) atoms. The third-order valence-electron chi connectivity index (χ3n) is 2.72. The summed E-state index contributed by atoms with van der Waals surface area (Å²) in [7, 11) is -3.94. The van der Waals surface area contributed by atoms with E-state index < -0.39 is 16.6 Å². The molecule has 0 amide bonds. The van der Waals surface area contributed by atoms with Gasteiger partial charge in [0.25, 0.3) is 10.0 Å². The Morgan fingerprint density at radius 2 is 1.77 bits per heavy atom. The summed E-state index contributed by atoms with van der Waals surface area (Å²) < 4.78 is 55.9. The standard InChI is InChI=1S/C14H12ClF2NO3S/c1-9-2-7-13(21-14(16)17)12(8-9)18-22(19,20)11-5-3-10(15)4-6-11/h2-8,14,18H,1H3. The molecule has 1 N–H and O–H groups in total. The van der Waals surface area contributed by atoms with Gasteiger partial charge in [0.1, 0.15) is 5.75 Å². The molecule has 0 aliphatic heterocycles. The number of rotatable bonds is 5. The van der Waals surface area contributed by atoms with Gasteiger partial charge in [0, 0.05) is 5.02 Å². The van der Waals surface area contributed by atoms with Crippen molar-refractivity contribution in [1.82, 2.24) is 0 Å². The number of hydrogen-bond donors (Lipinski definition) is 1. The third-order valence-corrected chi connectivity index (χ3v) is 4.35. The first-order chi connectivity index (χ1) is 10.3. The monoisotopic (exact) mass is 347 g/mol. The molecule has 0 atom stereocenters. The van der Waals surface area contributed by atoms with E-state index >= 15 is 0 Å². The molecule has 4 nitrogen and oxygen atoms in total. The Kier molecular flexibility index (Phi) is 4.87. The molecule has 0 saturated carbocycles. The molecule has 0 radical (unpaired) electrons. The summed E-state index contributed by atoms with van der Waals surface area (Å²) >= 11 is 5.71. The third kappa shape index (κ3) is 4.08. The molecule has 0 saturated heterocycles. The highest BCUT2D eigenvalue weighted by molar-refractivity contribution is 7.92. The molecule has 0 bridgehead atoms. The molecular formula is C14H12ClF2NO3S. The first kappa shape index (κ1) is 16.5. The average molecular weight is 348 g/mol. The molecule has 118 valence electrons. The van der Waals surface area contributed by atoms with Gasteiger partial charge in [0.05, 0.1) is 10.6 Å². The van der Waals surface area contributed by atoms with Crippen LogP contribution >= 0.6 is 11.6 Å². The number of sulfonamides is 1. The lowest BCUT2D eigenvalue weighted by molar-refractivity contribution is -0.0493. The summed E-state index contributed by atoms with van der Waals surface area (Å²) in [6, 6.07) is 9.69. The number of aryl methyl sites for hydroxylation is 1. The molecule has 0 heterocycles. The molecule has 0 aliphatic rings. The summed E-state index contributed by atoms with van der Waals surface area (Å²) in [6.45, 7) is -1.35. The second-order valence-electron chi connectivity index (χ2n) is 4.44. The van der Waals surface area contributed by atoms with E-state index in [0.29, 0.717) is 10.6 Å². The van der Waals surface area contributed by atoms with E-state index in [1.807, 2.05) is 0 Å². The summed E-state index contributed by atoms with van der Waals surface area (Å²) in [5.41, 5.74) is 0.630. The van der Waals surface area contributed by atoms with Crippen molar-refractivity contribution < 1.29 is 21.9 Å². The van der Waals surface area contributed by atoms with E-state index in [-0.39, 0.29) is 16.3 Å². The van der Waals surface area contributed by atoms with Gasteiger partial charge in [-0.15, -0.1) is 0 Å². The van der Waals surface area contributed by atoms with Crippen molar-refractivity contribution in [1.29, 1.82) is 0 Å². The van der Waals surface area contributed by atoms with Crippen molar-refractivity contribution in [3.63, 3.8) is 0 Å². The van der Waals surface area contributed by atoms with Gasteiger partial charge < -0.3 is 4.74 Å². The van der Waals surface area contributed by atoms with E-state index in [1.165, 1.54) is 42.5 Å². The van der Waals surface area contributed by atoms with E-state index in [1.54, 1.807) is 6.92 Å². The van der Waals surface area contributed by atoms with E-state index in [4.69, 9.17) is 11.6 Å². The molecular weight excluding hydrogens is 336 g/mol. The maximum absolute atomic E-state index is 12.4. The van der Waals surface area contributed by atoms with Gasteiger partial charge in [-0.25, -0.2) is 8.42 Å². The summed E-state index contributed by atoms with van der Waals surface area (Å²) in [5.74, 6) is -0.252. The van der Waals surface area contributed by atoms with E-state index in [9.17, 15) is 17.2 Å². The van der Waals surface area contributed by atoms with Crippen LogP contribution in [-0.2, 0) is 10.0 Å². The zero-order chi connectivity index (χ0) is 16.3. The van der Waals surface area contributed by atoms with Crippen molar-refractivity contribution in [2.45, 2.75) is 18.4 Å². The highest BCUT2D eigenvalue weighted by atomic mass is 35.5. The molecule has 2 aromatic carbocycles. The Morgan fingerprint density at radius 1 is 1.14 bits per heavy atom. The largest absolute Gasteiger partial charge is 0.433 e.